The number of pyridine rings is 1. The highest BCUT2D eigenvalue weighted by Crippen LogP contribution is 2.64. The Morgan fingerprint density at radius 3 is 2.45 bits per heavy atom. The maximum atomic E-state index is 4.23. The zero-order chi connectivity index (χ0) is 15.9. The molecular weight excluding hydrogens is 266 g/mol. The quantitative estimate of drug-likeness (QED) is 0.632. The summed E-state index contributed by atoms with van der Waals surface area (Å²) in [7, 11) is 0. The van der Waals surface area contributed by atoms with E-state index < -0.39 is 0 Å². The number of rotatable bonds is 1. The smallest absolute Gasteiger partial charge is 0.0346 e. The van der Waals surface area contributed by atoms with Gasteiger partial charge in [0, 0.05) is 17.8 Å². The van der Waals surface area contributed by atoms with Crippen LogP contribution in [0.15, 0.2) is 42.7 Å². The summed E-state index contributed by atoms with van der Waals surface area (Å²) in [6, 6.07) is 8.86. The molecule has 0 bridgehead atoms. The molecule has 0 N–H and O–H groups in total. The van der Waals surface area contributed by atoms with Crippen molar-refractivity contribution in [1.29, 1.82) is 0 Å². The number of fused-ring (bicyclic) bond motifs is 2. The summed E-state index contributed by atoms with van der Waals surface area (Å²) in [4.78, 5) is 4.23. The highest BCUT2D eigenvalue weighted by atomic mass is 14.6. The van der Waals surface area contributed by atoms with Gasteiger partial charge in [0.2, 0.25) is 0 Å². The summed E-state index contributed by atoms with van der Waals surface area (Å²) >= 11 is 0. The van der Waals surface area contributed by atoms with Crippen LogP contribution in [0.2, 0.25) is 0 Å². The van der Waals surface area contributed by atoms with Crippen molar-refractivity contribution in [3.63, 3.8) is 0 Å². The Morgan fingerprint density at radius 1 is 1.05 bits per heavy atom. The first-order valence-corrected chi connectivity index (χ1v) is 8.59. The Hall–Kier alpha value is -1.63. The number of allylic oxidation sites excluding steroid dienone is 2. The van der Waals surface area contributed by atoms with Crippen LogP contribution in [0, 0.1) is 23.2 Å². The number of aromatic nitrogens is 1. The van der Waals surface area contributed by atoms with E-state index >= 15 is 0 Å². The fourth-order valence-electron chi connectivity index (χ4n) is 4.16. The van der Waals surface area contributed by atoms with Gasteiger partial charge in [0.15, 0.2) is 0 Å². The molecule has 3 atom stereocenters. The molecule has 116 valence electrons. The molecule has 1 saturated carbocycles. The fraction of sp³-hybridized carbons (Fsp3) is 0.476. The zero-order valence-electron chi connectivity index (χ0n) is 14.4. The molecule has 1 aromatic heterocycles. The molecule has 3 unspecified atom stereocenters. The van der Waals surface area contributed by atoms with Crippen LogP contribution in [-0.4, -0.2) is 4.98 Å². The molecule has 4 rings (SSSR count). The summed E-state index contributed by atoms with van der Waals surface area (Å²) in [6.07, 6.45) is 7.63. The topological polar surface area (TPSA) is 12.9 Å². The lowest BCUT2D eigenvalue weighted by Crippen LogP contribution is -2.11. The van der Waals surface area contributed by atoms with E-state index in [1.165, 1.54) is 22.8 Å². The fourth-order valence-corrected chi connectivity index (χ4v) is 4.16. The summed E-state index contributed by atoms with van der Waals surface area (Å²) in [5.74, 6) is 2.62. The number of nitrogens with zero attached hydrogens (tertiary/aromatic N) is 1. The van der Waals surface area contributed by atoms with Crippen molar-refractivity contribution in [3.8, 4) is 0 Å². The summed E-state index contributed by atoms with van der Waals surface area (Å²) < 4.78 is 0. The third-order valence-electron chi connectivity index (χ3n) is 5.09. The maximum Gasteiger partial charge on any atom is 0.0346 e. The molecule has 0 amide bonds. The minimum absolute atomic E-state index is 0.463. The second kappa shape index (κ2) is 5.53. The summed E-state index contributed by atoms with van der Waals surface area (Å²) in [6.45, 7) is 11.1. The number of benzene rings is 1. The predicted molar refractivity (Wildman–Crippen MR) is 95.6 cm³/mol. The lowest BCUT2D eigenvalue weighted by atomic mass is 9.85. The monoisotopic (exact) mass is 293 g/mol. The van der Waals surface area contributed by atoms with Gasteiger partial charge in [0.25, 0.3) is 0 Å². The van der Waals surface area contributed by atoms with Crippen LogP contribution in [0.4, 0.5) is 0 Å². The first kappa shape index (κ1) is 15.3. The van der Waals surface area contributed by atoms with Crippen LogP contribution < -0.4 is 0 Å². The largest absolute Gasteiger partial charge is 0.264 e. The Bertz CT molecular complexity index is 705. The van der Waals surface area contributed by atoms with Crippen molar-refractivity contribution >= 4 is 16.3 Å². The van der Waals surface area contributed by atoms with Gasteiger partial charge < -0.3 is 0 Å². The van der Waals surface area contributed by atoms with Crippen LogP contribution >= 0.6 is 0 Å². The van der Waals surface area contributed by atoms with Gasteiger partial charge in [-0.3, -0.25) is 4.98 Å². The zero-order valence-corrected chi connectivity index (χ0v) is 14.4. The molecule has 1 heteroatoms. The Kier molecular flexibility index (Phi) is 3.84. The summed E-state index contributed by atoms with van der Waals surface area (Å²) in [5, 5.41) is 2.53. The number of hydrogen-bond donors (Lipinski definition) is 0. The van der Waals surface area contributed by atoms with Gasteiger partial charge >= 0.3 is 0 Å². The van der Waals surface area contributed by atoms with Gasteiger partial charge in [-0.15, -0.1) is 0 Å². The van der Waals surface area contributed by atoms with Crippen molar-refractivity contribution in [1.82, 2.24) is 4.98 Å². The van der Waals surface area contributed by atoms with Gasteiger partial charge in [-0.2, -0.15) is 0 Å². The Morgan fingerprint density at radius 2 is 1.82 bits per heavy atom. The minimum atomic E-state index is 0.463. The maximum absolute atomic E-state index is 4.23. The van der Waals surface area contributed by atoms with Crippen LogP contribution in [0.5, 0.6) is 0 Å². The second-order valence-corrected chi connectivity index (χ2v) is 7.47. The summed E-state index contributed by atoms with van der Waals surface area (Å²) in [5.41, 5.74) is 3.40. The molecular formula is C21H27N. The van der Waals surface area contributed by atoms with E-state index in [0.29, 0.717) is 5.41 Å². The van der Waals surface area contributed by atoms with Crippen molar-refractivity contribution in [2.75, 3.05) is 0 Å². The van der Waals surface area contributed by atoms with E-state index in [0.717, 1.165) is 17.8 Å². The molecule has 2 aromatic rings. The molecule has 1 nitrogen and oxygen atoms in total. The van der Waals surface area contributed by atoms with Gasteiger partial charge in [0.05, 0.1) is 0 Å². The predicted octanol–water partition coefficient (Wildman–Crippen LogP) is 5.96. The van der Waals surface area contributed by atoms with E-state index in [2.05, 4.69) is 56.1 Å². The average molecular weight is 293 g/mol. The Labute approximate surface area is 134 Å². The average Bonchev–Trinajstić information content (AvgIpc) is 3.06. The van der Waals surface area contributed by atoms with E-state index in [1.807, 2.05) is 26.2 Å². The van der Waals surface area contributed by atoms with Gasteiger partial charge in [-0.25, -0.2) is 0 Å². The van der Waals surface area contributed by atoms with Crippen molar-refractivity contribution < 1.29 is 0 Å². The van der Waals surface area contributed by atoms with E-state index in [9.17, 15) is 0 Å². The lowest BCUT2D eigenvalue weighted by molar-refractivity contribution is 0.322. The molecule has 0 radical (unpaired) electrons. The van der Waals surface area contributed by atoms with Gasteiger partial charge in [-0.05, 0) is 58.2 Å². The van der Waals surface area contributed by atoms with Crippen molar-refractivity contribution in [3.05, 3.63) is 48.3 Å². The number of hydrogen-bond acceptors (Lipinski definition) is 1. The van der Waals surface area contributed by atoms with Crippen molar-refractivity contribution in [2.24, 2.45) is 23.2 Å². The molecule has 22 heavy (non-hydrogen) atoms. The molecule has 1 heterocycles. The molecule has 0 saturated heterocycles. The van der Waals surface area contributed by atoms with Crippen LogP contribution in [0.3, 0.4) is 0 Å². The van der Waals surface area contributed by atoms with Crippen molar-refractivity contribution in [2.45, 2.75) is 41.0 Å². The van der Waals surface area contributed by atoms with E-state index in [1.54, 1.807) is 5.57 Å². The molecule has 1 aromatic carbocycles. The normalized spacial score (nSPS) is 26.0. The molecule has 0 spiro atoms. The van der Waals surface area contributed by atoms with Crippen LogP contribution in [0.1, 0.15) is 46.6 Å². The Balaban J connectivity index is 0.000000693. The highest BCUT2D eigenvalue weighted by Gasteiger charge is 2.56. The van der Waals surface area contributed by atoms with Gasteiger partial charge in [0.1, 0.15) is 0 Å². The lowest BCUT2D eigenvalue weighted by Gasteiger charge is -2.20. The first-order chi connectivity index (χ1) is 10.5. The first-order valence-electron chi connectivity index (χ1n) is 8.59. The SMILES string of the molecule is CC.CC(C)(C)C1C2C=C(c3ccc4ccncc4c3)CC21. The van der Waals surface area contributed by atoms with Crippen LogP contribution in [-0.2, 0) is 0 Å². The van der Waals surface area contributed by atoms with Crippen LogP contribution in [0.25, 0.3) is 16.3 Å². The molecule has 1 fully saturated rings. The van der Waals surface area contributed by atoms with Gasteiger partial charge in [-0.1, -0.05) is 52.8 Å². The highest BCUT2D eigenvalue weighted by molar-refractivity contribution is 5.86. The third kappa shape index (κ3) is 2.58. The molecule has 0 aliphatic heterocycles. The van der Waals surface area contributed by atoms with E-state index in [4.69, 9.17) is 0 Å². The standard InChI is InChI=1S/C19H21N.C2H6/c1-19(2,3)18-16-9-14(10-17(16)18)13-5-4-12-6-7-20-11-15(12)8-13;1-2/h4-9,11,16-18H,10H2,1-3H3;1-2H3. The molecule has 2 aliphatic rings. The minimum Gasteiger partial charge on any atom is -0.264 e. The third-order valence-corrected chi connectivity index (χ3v) is 5.09. The second-order valence-electron chi connectivity index (χ2n) is 7.47. The molecule has 2 aliphatic carbocycles. The van der Waals surface area contributed by atoms with E-state index in [-0.39, 0.29) is 0 Å².